The molecule has 1 aliphatic carbocycles. The van der Waals surface area contributed by atoms with Crippen LogP contribution in [0.2, 0.25) is 0 Å². The van der Waals surface area contributed by atoms with E-state index in [2.05, 4.69) is 20.8 Å². The highest BCUT2D eigenvalue weighted by molar-refractivity contribution is 7.92. The smallest absolute Gasteiger partial charge is 0.278 e. The van der Waals surface area contributed by atoms with Crippen LogP contribution < -0.4 is 20.8 Å². The normalized spacial score (nSPS) is 13.3. The van der Waals surface area contributed by atoms with Gasteiger partial charge in [0, 0.05) is 23.7 Å². The summed E-state index contributed by atoms with van der Waals surface area (Å²) in [7, 11) is -2.15. The Kier molecular flexibility index (Phi) is 7.32. The van der Waals surface area contributed by atoms with Crippen molar-refractivity contribution >= 4 is 38.9 Å². The molecule has 2 heterocycles. The number of nitrogens with zero attached hydrogens (tertiary/aromatic N) is 3. The second kappa shape index (κ2) is 10.3. The van der Waals surface area contributed by atoms with E-state index < -0.39 is 21.9 Å². The van der Waals surface area contributed by atoms with E-state index in [0.717, 1.165) is 24.7 Å². The number of aromatic nitrogens is 2. The van der Waals surface area contributed by atoms with Crippen LogP contribution in [0, 0.1) is 12.9 Å². The van der Waals surface area contributed by atoms with Crippen molar-refractivity contribution in [1.29, 1.82) is 0 Å². The number of nitrogen functional groups attached to an aromatic ring is 1. The summed E-state index contributed by atoms with van der Waals surface area (Å²) in [5.41, 5.74) is 11.6. The summed E-state index contributed by atoms with van der Waals surface area (Å²) in [6.07, 6.45) is 4.50. The summed E-state index contributed by atoms with van der Waals surface area (Å²) in [5, 5.41) is 3.09. The molecule has 4 rings (SSSR count). The maximum absolute atomic E-state index is 13.8. The molecule has 1 saturated carbocycles. The van der Waals surface area contributed by atoms with Crippen molar-refractivity contribution < 1.29 is 22.4 Å². The minimum Gasteiger partial charge on any atom is -0.383 e. The minimum absolute atomic E-state index is 0.0432. The van der Waals surface area contributed by atoms with Crippen LogP contribution in [0.15, 0.2) is 36.5 Å². The van der Waals surface area contributed by atoms with Crippen LogP contribution in [0.25, 0.3) is 11.1 Å². The first-order chi connectivity index (χ1) is 17.5. The van der Waals surface area contributed by atoms with Crippen LogP contribution in [0.5, 0.6) is 0 Å². The van der Waals surface area contributed by atoms with Crippen molar-refractivity contribution in [3.05, 3.63) is 59.2 Å². The van der Waals surface area contributed by atoms with E-state index in [-0.39, 0.29) is 23.8 Å². The van der Waals surface area contributed by atoms with E-state index >= 15 is 0 Å². The molecular weight excluding hydrogens is 499 g/mol. The standard InChI is InChI=1S/C25H29FN6O4S/c1-5-36-31-25(33)20-12-19(24(30-23(20)27)29-17-10-14(2)22(26)28-13-17)18-9-8-16(15-6-7-15)11-21(18)32(3)37(4,34)35/h8-13,15H,5-7H2,1-4H3,(H,31,33)(H3,27,29,30). The number of hydrogen-bond donors (Lipinski definition) is 3. The number of hydrogen-bond acceptors (Lipinski definition) is 8. The van der Waals surface area contributed by atoms with E-state index in [1.54, 1.807) is 26.0 Å². The Labute approximate surface area is 215 Å². The Bertz CT molecular complexity index is 1460. The number of carbonyl (C=O) groups is 1. The van der Waals surface area contributed by atoms with Crippen molar-refractivity contribution in [2.75, 3.05) is 35.3 Å². The number of pyridine rings is 2. The molecule has 12 heteroatoms. The predicted octanol–water partition coefficient (Wildman–Crippen LogP) is 3.87. The Morgan fingerprint density at radius 1 is 1.24 bits per heavy atom. The lowest BCUT2D eigenvalue weighted by molar-refractivity contribution is 0.0365. The van der Waals surface area contributed by atoms with E-state index in [1.165, 1.54) is 23.6 Å². The molecule has 2 aromatic heterocycles. The average Bonchev–Trinajstić information content (AvgIpc) is 3.69. The van der Waals surface area contributed by atoms with Gasteiger partial charge in [-0.05, 0) is 56.4 Å². The number of benzene rings is 1. The third kappa shape index (κ3) is 5.81. The number of anilines is 4. The highest BCUT2D eigenvalue weighted by Gasteiger charge is 2.28. The molecule has 0 spiro atoms. The van der Waals surface area contributed by atoms with Gasteiger partial charge in [0.15, 0.2) is 0 Å². The van der Waals surface area contributed by atoms with E-state index in [9.17, 15) is 17.6 Å². The zero-order valence-electron chi connectivity index (χ0n) is 21.0. The van der Waals surface area contributed by atoms with Gasteiger partial charge in [0.2, 0.25) is 16.0 Å². The van der Waals surface area contributed by atoms with Crippen LogP contribution in [0.4, 0.5) is 27.4 Å². The van der Waals surface area contributed by atoms with Crippen LogP contribution in [-0.4, -0.2) is 44.2 Å². The Balaban J connectivity index is 1.92. The van der Waals surface area contributed by atoms with Crippen LogP contribution in [-0.2, 0) is 14.9 Å². The highest BCUT2D eigenvalue weighted by atomic mass is 32.2. The fraction of sp³-hybridized carbons (Fsp3) is 0.320. The van der Waals surface area contributed by atoms with Gasteiger partial charge in [-0.2, -0.15) is 4.39 Å². The SMILES string of the molecule is CCONC(=O)c1cc(-c2ccc(C3CC3)cc2N(C)S(C)(=O)=O)c(Nc2cnc(F)c(C)c2)nc1N. The number of amides is 1. The molecule has 0 radical (unpaired) electrons. The van der Waals surface area contributed by atoms with Gasteiger partial charge in [0.1, 0.15) is 11.6 Å². The maximum atomic E-state index is 13.8. The van der Waals surface area contributed by atoms with Crippen LogP contribution in [0.1, 0.15) is 47.2 Å². The number of sulfonamides is 1. The number of nitrogens with two attached hydrogens (primary N) is 1. The second-order valence-corrected chi connectivity index (χ2v) is 10.9. The van der Waals surface area contributed by atoms with Crippen molar-refractivity contribution in [2.45, 2.75) is 32.6 Å². The summed E-state index contributed by atoms with van der Waals surface area (Å²) in [6.45, 7) is 3.54. The largest absolute Gasteiger partial charge is 0.383 e. The Hall–Kier alpha value is -3.77. The summed E-state index contributed by atoms with van der Waals surface area (Å²) >= 11 is 0. The molecule has 1 aliphatic rings. The molecule has 196 valence electrons. The fourth-order valence-corrected chi connectivity index (χ4v) is 4.36. The van der Waals surface area contributed by atoms with Crippen molar-refractivity contribution in [3.8, 4) is 11.1 Å². The van der Waals surface area contributed by atoms with Gasteiger partial charge in [-0.1, -0.05) is 12.1 Å². The van der Waals surface area contributed by atoms with Crippen molar-refractivity contribution in [3.63, 3.8) is 0 Å². The van der Waals surface area contributed by atoms with Crippen molar-refractivity contribution in [1.82, 2.24) is 15.4 Å². The molecular formula is C25H29FN6O4S. The molecule has 1 aromatic carbocycles. The summed E-state index contributed by atoms with van der Waals surface area (Å²) < 4.78 is 40.1. The van der Waals surface area contributed by atoms with E-state index in [1.807, 2.05) is 12.1 Å². The lowest BCUT2D eigenvalue weighted by atomic mass is 9.98. The van der Waals surface area contributed by atoms with Gasteiger partial charge in [0.05, 0.1) is 36.0 Å². The number of carbonyl (C=O) groups excluding carboxylic acids is 1. The second-order valence-electron chi connectivity index (χ2n) is 8.92. The molecule has 0 saturated heterocycles. The average molecular weight is 529 g/mol. The Morgan fingerprint density at radius 2 is 1.97 bits per heavy atom. The number of rotatable bonds is 9. The zero-order chi connectivity index (χ0) is 26.9. The van der Waals surface area contributed by atoms with Gasteiger partial charge in [-0.25, -0.2) is 23.9 Å². The highest BCUT2D eigenvalue weighted by Crippen LogP contribution is 2.45. The monoisotopic (exact) mass is 528 g/mol. The first-order valence-electron chi connectivity index (χ1n) is 11.7. The topological polar surface area (TPSA) is 140 Å². The first kappa shape index (κ1) is 26.3. The molecule has 3 aromatic rings. The predicted molar refractivity (Wildman–Crippen MR) is 141 cm³/mol. The summed E-state index contributed by atoms with van der Waals surface area (Å²) in [5.74, 6) is -0.673. The van der Waals surface area contributed by atoms with Gasteiger partial charge >= 0.3 is 0 Å². The molecule has 0 atom stereocenters. The third-order valence-electron chi connectivity index (χ3n) is 6.08. The van der Waals surface area contributed by atoms with Gasteiger partial charge in [-0.3, -0.25) is 13.9 Å². The van der Waals surface area contributed by atoms with Gasteiger partial charge in [-0.15, -0.1) is 0 Å². The van der Waals surface area contributed by atoms with Crippen LogP contribution in [0.3, 0.4) is 0 Å². The molecule has 1 amide bonds. The molecule has 1 fully saturated rings. The molecule has 0 bridgehead atoms. The van der Waals surface area contributed by atoms with Crippen LogP contribution >= 0.6 is 0 Å². The summed E-state index contributed by atoms with van der Waals surface area (Å²) in [4.78, 5) is 25.9. The summed E-state index contributed by atoms with van der Waals surface area (Å²) in [6, 6.07) is 8.67. The lowest BCUT2D eigenvalue weighted by Gasteiger charge is -2.23. The Morgan fingerprint density at radius 3 is 2.59 bits per heavy atom. The van der Waals surface area contributed by atoms with Gasteiger partial charge < -0.3 is 11.1 Å². The minimum atomic E-state index is -3.62. The zero-order valence-corrected chi connectivity index (χ0v) is 21.8. The molecule has 4 N–H and O–H groups in total. The molecule has 0 unspecified atom stereocenters. The third-order valence-corrected chi connectivity index (χ3v) is 7.27. The quantitative estimate of drug-likeness (QED) is 0.281. The molecule has 37 heavy (non-hydrogen) atoms. The first-order valence-corrected chi connectivity index (χ1v) is 13.5. The maximum Gasteiger partial charge on any atom is 0.278 e. The number of halogens is 1. The number of hydroxylamine groups is 1. The lowest BCUT2D eigenvalue weighted by Crippen LogP contribution is -2.26. The van der Waals surface area contributed by atoms with Gasteiger partial charge in [0.25, 0.3) is 5.91 Å². The van der Waals surface area contributed by atoms with E-state index in [4.69, 9.17) is 10.6 Å². The number of aryl methyl sites for hydroxylation is 1. The number of nitrogens with one attached hydrogen (secondary N) is 2. The van der Waals surface area contributed by atoms with Crippen molar-refractivity contribution in [2.24, 2.45) is 0 Å². The van der Waals surface area contributed by atoms with E-state index in [0.29, 0.717) is 34.0 Å². The fourth-order valence-electron chi connectivity index (χ4n) is 3.85. The molecule has 0 aliphatic heterocycles. The molecule has 10 nitrogen and oxygen atoms in total.